The molecule has 3 nitrogen and oxygen atoms in total. The van der Waals surface area contributed by atoms with Crippen molar-refractivity contribution in [1.82, 2.24) is 4.57 Å². The van der Waals surface area contributed by atoms with Crippen LogP contribution in [0.5, 0.6) is 0 Å². The molecule has 0 aliphatic heterocycles. The second-order valence-corrected chi connectivity index (χ2v) is 13.5. The van der Waals surface area contributed by atoms with E-state index in [-0.39, 0.29) is 5.41 Å². The molecule has 0 bridgehead atoms. The highest BCUT2D eigenvalue weighted by Crippen LogP contribution is 2.51. The number of hydrogen-bond donors (Lipinski definition) is 2. The van der Waals surface area contributed by atoms with Crippen LogP contribution in [-0.2, 0) is 5.41 Å². The zero-order valence-corrected chi connectivity index (χ0v) is 25.2. The second kappa shape index (κ2) is 9.17. The van der Waals surface area contributed by atoms with E-state index in [1.807, 2.05) is 12.1 Å². The van der Waals surface area contributed by atoms with Crippen molar-refractivity contribution in [3.8, 4) is 27.9 Å². The van der Waals surface area contributed by atoms with Crippen LogP contribution in [-0.4, -0.2) is 21.7 Å². The Balaban J connectivity index is 1.35. The van der Waals surface area contributed by atoms with Crippen molar-refractivity contribution in [1.29, 1.82) is 0 Å². The highest BCUT2D eigenvalue weighted by atomic mass is 32.1. The molecule has 0 unspecified atom stereocenters. The van der Waals surface area contributed by atoms with Crippen molar-refractivity contribution in [2.45, 2.75) is 19.3 Å². The maximum atomic E-state index is 10.5. The minimum atomic E-state index is -1.60. The summed E-state index contributed by atoms with van der Waals surface area (Å²) in [5.41, 5.74) is 10.7. The van der Waals surface area contributed by atoms with Crippen LogP contribution in [0.2, 0.25) is 0 Å². The van der Waals surface area contributed by atoms with Gasteiger partial charge in [0.25, 0.3) is 0 Å². The molecule has 0 fully saturated rings. The van der Waals surface area contributed by atoms with Crippen molar-refractivity contribution in [3.63, 3.8) is 0 Å². The molecule has 2 N–H and O–H groups in total. The van der Waals surface area contributed by atoms with Crippen LogP contribution in [0.25, 0.3) is 69.9 Å². The first kappa shape index (κ1) is 25.8. The van der Waals surface area contributed by atoms with Gasteiger partial charge in [-0.05, 0) is 75.2 Å². The fourth-order valence-electron chi connectivity index (χ4n) is 7.48. The first-order valence-corrected chi connectivity index (χ1v) is 15.8. The van der Waals surface area contributed by atoms with E-state index in [0.717, 1.165) is 27.8 Å². The third-order valence-corrected chi connectivity index (χ3v) is 10.8. The summed E-state index contributed by atoms with van der Waals surface area (Å²) in [5.74, 6) is 0. The monoisotopic (exact) mass is 585 g/mol. The van der Waals surface area contributed by atoms with Crippen molar-refractivity contribution < 1.29 is 10.0 Å². The number of benzene rings is 6. The molecule has 44 heavy (non-hydrogen) atoms. The van der Waals surface area contributed by atoms with Gasteiger partial charge in [0.2, 0.25) is 0 Å². The first-order chi connectivity index (χ1) is 21.4. The fourth-order valence-corrected chi connectivity index (χ4v) is 8.72. The van der Waals surface area contributed by atoms with Crippen LogP contribution in [0.4, 0.5) is 0 Å². The molecule has 2 heterocycles. The number of nitrogens with zero attached hydrogens (tertiary/aromatic N) is 1. The van der Waals surface area contributed by atoms with Crippen molar-refractivity contribution in [2.75, 3.05) is 0 Å². The van der Waals surface area contributed by atoms with E-state index < -0.39 is 7.12 Å². The highest BCUT2D eigenvalue weighted by molar-refractivity contribution is 7.26. The van der Waals surface area contributed by atoms with Gasteiger partial charge in [0.05, 0.1) is 11.0 Å². The topological polar surface area (TPSA) is 45.4 Å². The van der Waals surface area contributed by atoms with Gasteiger partial charge in [-0.2, -0.15) is 0 Å². The number of thiophene rings is 1. The predicted molar refractivity (Wildman–Crippen MR) is 186 cm³/mol. The lowest BCUT2D eigenvalue weighted by molar-refractivity contribution is 0.426. The van der Waals surface area contributed by atoms with Gasteiger partial charge in [-0.1, -0.05) is 98.8 Å². The summed E-state index contributed by atoms with van der Waals surface area (Å²) in [6.07, 6.45) is 0. The lowest BCUT2D eigenvalue weighted by Gasteiger charge is -2.22. The molecule has 5 heteroatoms. The van der Waals surface area contributed by atoms with Gasteiger partial charge in [-0.25, -0.2) is 0 Å². The number of rotatable bonds is 3. The van der Waals surface area contributed by atoms with E-state index in [1.54, 1.807) is 11.3 Å². The van der Waals surface area contributed by atoms with Gasteiger partial charge in [-0.15, -0.1) is 11.3 Å². The molecule has 8 aromatic rings. The van der Waals surface area contributed by atoms with Crippen LogP contribution < -0.4 is 5.46 Å². The zero-order chi connectivity index (χ0) is 29.7. The Hall–Kier alpha value is -4.68. The van der Waals surface area contributed by atoms with Gasteiger partial charge in [0, 0.05) is 42.0 Å². The summed E-state index contributed by atoms with van der Waals surface area (Å²) < 4.78 is 4.74. The Morgan fingerprint density at radius 3 is 2.18 bits per heavy atom. The summed E-state index contributed by atoms with van der Waals surface area (Å²) in [7, 11) is -1.60. The molecular formula is C39H28BNO2S. The summed E-state index contributed by atoms with van der Waals surface area (Å²) in [4.78, 5) is 0. The third kappa shape index (κ3) is 3.52. The lowest BCUT2D eigenvalue weighted by Crippen LogP contribution is -2.30. The van der Waals surface area contributed by atoms with Crippen LogP contribution in [0.3, 0.4) is 0 Å². The molecular weight excluding hydrogens is 557 g/mol. The summed E-state index contributed by atoms with van der Waals surface area (Å²) in [5, 5.41) is 25.9. The Morgan fingerprint density at radius 2 is 1.32 bits per heavy atom. The first-order valence-electron chi connectivity index (χ1n) is 15.0. The van der Waals surface area contributed by atoms with Crippen LogP contribution >= 0.6 is 11.3 Å². The van der Waals surface area contributed by atoms with Crippen LogP contribution in [0, 0.1) is 0 Å². The molecule has 0 atom stereocenters. The molecule has 9 rings (SSSR count). The number of hydrogen-bond acceptors (Lipinski definition) is 3. The van der Waals surface area contributed by atoms with Gasteiger partial charge in [-0.3, -0.25) is 0 Å². The molecule has 210 valence electrons. The van der Waals surface area contributed by atoms with Crippen molar-refractivity contribution in [2.24, 2.45) is 0 Å². The maximum absolute atomic E-state index is 10.5. The fraction of sp³-hybridized carbons (Fsp3) is 0.0769. The maximum Gasteiger partial charge on any atom is 0.488 e. The molecule has 6 aromatic carbocycles. The van der Waals surface area contributed by atoms with Gasteiger partial charge >= 0.3 is 7.12 Å². The van der Waals surface area contributed by atoms with Crippen molar-refractivity contribution in [3.05, 3.63) is 132 Å². The minimum Gasteiger partial charge on any atom is -0.423 e. The molecule has 1 aliphatic rings. The van der Waals surface area contributed by atoms with Crippen LogP contribution in [0.15, 0.2) is 121 Å². The second-order valence-electron chi connectivity index (χ2n) is 12.4. The number of aromatic nitrogens is 1. The summed E-state index contributed by atoms with van der Waals surface area (Å²) in [6.45, 7) is 4.62. The SMILES string of the molecule is CC1(C)c2ccccc2-c2cc3c4ccccc4n(-c4cc(B(O)O)cc(-c5cccc6c5sc5ccccc56)c4)c3cc21. The van der Waals surface area contributed by atoms with E-state index in [0.29, 0.717) is 5.46 Å². The largest absolute Gasteiger partial charge is 0.488 e. The Bertz CT molecular complexity index is 2470. The molecule has 0 spiro atoms. The Labute approximate surface area is 259 Å². The van der Waals surface area contributed by atoms with E-state index in [1.165, 1.54) is 53.2 Å². The Kier molecular flexibility index (Phi) is 5.37. The number of para-hydroxylation sites is 1. The highest BCUT2D eigenvalue weighted by Gasteiger charge is 2.36. The minimum absolute atomic E-state index is 0.132. The van der Waals surface area contributed by atoms with Crippen LogP contribution in [0.1, 0.15) is 25.0 Å². The van der Waals surface area contributed by atoms with E-state index >= 15 is 0 Å². The molecule has 0 saturated carbocycles. The molecule has 0 saturated heterocycles. The van der Waals surface area contributed by atoms with Gasteiger partial charge in [0.1, 0.15) is 0 Å². The Morgan fingerprint density at radius 1 is 0.591 bits per heavy atom. The molecule has 0 amide bonds. The predicted octanol–water partition coefficient (Wildman–Crippen LogP) is 8.80. The molecule has 1 aliphatic carbocycles. The van der Waals surface area contributed by atoms with Gasteiger partial charge < -0.3 is 14.6 Å². The quantitative estimate of drug-likeness (QED) is 0.204. The van der Waals surface area contributed by atoms with E-state index in [2.05, 4.69) is 128 Å². The third-order valence-electron chi connectivity index (χ3n) is 9.59. The smallest absolute Gasteiger partial charge is 0.423 e. The van der Waals surface area contributed by atoms with E-state index in [4.69, 9.17) is 0 Å². The summed E-state index contributed by atoms with van der Waals surface area (Å²) >= 11 is 1.78. The van der Waals surface area contributed by atoms with Gasteiger partial charge in [0.15, 0.2) is 0 Å². The normalized spacial score (nSPS) is 13.6. The average molecular weight is 586 g/mol. The average Bonchev–Trinajstić information content (AvgIpc) is 3.66. The number of fused-ring (bicyclic) bond motifs is 9. The zero-order valence-electron chi connectivity index (χ0n) is 24.4. The molecule has 2 aromatic heterocycles. The summed E-state index contributed by atoms with van der Waals surface area (Å²) in [6, 6.07) is 42.9. The lowest BCUT2D eigenvalue weighted by atomic mass is 9.78. The van der Waals surface area contributed by atoms with Crippen molar-refractivity contribution >= 4 is 65.9 Å². The molecule has 0 radical (unpaired) electrons. The van der Waals surface area contributed by atoms with E-state index in [9.17, 15) is 10.0 Å². The standard InChI is InChI=1S/C39H28BNO2S/c1-39(2)33-15-6-3-10-27(33)31-21-32-28-11-4-7-16-35(28)41(36(32)22-34(31)39)25-19-23(18-24(20-25)40(42)43)26-13-9-14-30-29-12-5-8-17-37(29)44-38(26)30/h3-22,42-43H,1-2H3.